The Labute approximate surface area is 200 Å². The maximum atomic E-state index is 13.2. The first-order valence-electron chi connectivity index (χ1n) is 9.99. The second-order valence-corrected chi connectivity index (χ2v) is 9.30. The minimum Gasteiger partial charge on any atom is -0.484 e. The van der Waals surface area contributed by atoms with E-state index in [0.29, 0.717) is 5.69 Å². The molecule has 0 fully saturated rings. The normalized spacial score (nSPS) is 11.7. The van der Waals surface area contributed by atoms with Crippen LogP contribution in [0.2, 0.25) is 5.02 Å². The third-order valence-corrected chi connectivity index (χ3v) is 6.83. The molecule has 0 saturated carbocycles. The van der Waals surface area contributed by atoms with Crippen LogP contribution in [0.3, 0.4) is 0 Å². The number of halogens is 4. The lowest BCUT2D eigenvalue weighted by Gasteiger charge is -2.23. The molecule has 180 valence electrons. The van der Waals surface area contributed by atoms with Gasteiger partial charge in [-0.3, -0.25) is 9.10 Å². The molecule has 34 heavy (non-hydrogen) atoms. The molecule has 0 atom stereocenters. The van der Waals surface area contributed by atoms with Gasteiger partial charge in [-0.1, -0.05) is 29.8 Å². The highest BCUT2D eigenvalue weighted by Gasteiger charge is 2.34. The molecular formula is C23H20ClF3N2O4S. The molecule has 0 saturated heterocycles. The predicted octanol–water partition coefficient (Wildman–Crippen LogP) is 5.59. The van der Waals surface area contributed by atoms with Crippen molar-refractivity contribution in [3.63, 3.8) is 0 Å². The number of carbonyl (C=O) groups excluding carboxylic acids is 1. The van der Waals surface area contributed by atoms with Crippen LogP contribution >= 0.6 is 11.6 Å². The third kappa shape index (κ3) is 6.00. The van der Waals surface area contributed by atoms with Crippen molar-refractivity contribution in [1.29, 1.82) is 0 Å². The van der Waals surface area contributed by atoms with E-state index in [1.54, 1.807) is 25.1 Å². The van der Waals surface area contributed by atoms with E-state index in [0.717, 1.165) is 12.1 Å². The number of nitrogens with one attached hydrogen (secondary N) is 1. The van der Waals surface area contributed by atoms with Crippen molar-refractivity contribution in [2.75, 3.05) is 22.8 Å². The van der Waals surface area contributed by atoms with Gasteiger partial charge in [0.1, 0.15) is 5.75 Å². The molecule has 0 aromatic heterocycles. The van der Waals surface area contributed by atoms with E-state index in [1.807, 2.05) is 0 Å². The smallest absolute Gasteiger partial charge is 0.418 e. The summed E-state index contributed by atoms with van der Waals surface area (Å²) in [6.45, 7) is 1.32. The average molecular weight is 513 g/mol. The van der Waals surface area contributed by atoms with Gasteiger partial charge in [0.25, 0.3) is 15.9 Å². The molecule has 3 aromatic carbocycles. The second kappa shape index (κ2) is 10.4. The van der Waals surface area contributed by atoms with Gasteiger partial charge in [-0.05, 0) is 61.5 Å². The predicted molar refractivity (Wildman–Crippen MR) is 124 cm³/mol. The van der Waals surface area contributed by atoms with Gasteiger partial charge in [-0.2, -0.15) is 13.2 Å². The molecule has 3 aromatic rings. The number of rotatable bonds is 8. The SMILES string of the molecule is CCN(c1ccc(OCC(=O)Nc2ccc(Cl)cc2C(F)(F)F)cc1)S(=O)(=O)c1ccccc1. The van der Waals surface area contributed by atoms with Crippen LogP contribution in [0.4, 0.5) is 24.5 Å². The van der Waals surface area contributed by atoms with Gasteiger partial charge in [0.05, 0.1) is 21.8 Å². The minimum atomic E-state index is -4.70. The van der Waals surface area contributed by atoms with Crippen LogP contribution in [0.1, 0.15) is 12.5 Å². The van der Waals surface area contributed by atoms with Crippen LogP contribution in [0.15, 0.2) is 77.7 Å². The standard InChI is InChI=1S/C23H20ClF3N2O4S/c1-2-29(34(31,32)19-6-4-3-5-7-19)17-9-11-18(12-10-17)33-15-22(30)28-21-13-8-16(24)14-20(21)23(25,26)27/h3-14H,2,15H2,1H3,(H,28,30). The second-order valence-electron chi connectivity index (χ2n) is 7.00. The quantitative estimate of drug-likeness (QED) is 0.427. The van der Waals surface area contributed by atoms with Crippen molar-refractivity contribution < 1.29 is 31.1 Å². The van der Waals surface area contributed by atoms with Gasteiger partial charge in [-0.15, -0.1) is 0 Å². The molecule has 0 unspecified atom stereocenters. The summed E-state index contributed by atoms with van der Waals surface area (Å²) in [7, 11) is -3.77. The lowest BCUT2D eigenvalue weighted by Crippen LogP contribution is -2.30. The Morgan fingerprint density at radius 2 is 1.68 bits per heavy atom. The number of amides is 1. The third-order valence-electron chi connectivity index (χ3n) is 4.67. The number of hydrogen-bond acceptors (Lipinski definition) is 4. The molecular weight excluding hydrogens is 493 g/mol. The van der Waals surface area contributed by atoms with Crippen LogP contribution in [0.5, 0.6) is 5.75 Å². The zero-order valence-electron chi connectivity index (χ0n) is 17.8. The average Bonchev–Trinajstić information content (AvgIpc) is 2.80. The molecule has 0 spiro atoms. The number of nitrogens with zero attached hydrogens (tertiary/aromatic N) is 1. The van der Waals surface area contributed by atoms with E-state index >= 15 is 0 Å². The van der Waals surface area contributed by atoms with Crippen molar-refractivity contribution in [3.8, 4) is 5.75 Å². The number of carbonyl (C=O) groups is 1. The monoisotopic (exact) mass is 512 g/mol. The molecule has 0 radical (unpaired) electrons. The molecule has 0 heterocycles. The van der Waals surface area contributed by atoms with Crippen LogP contribution in [0.25, 0.3) is 0 Å². The Hall–Kier alpha value is -3.24. The number of ether oxygens (including phenoxy) is 1. The van der Waals surface area contributed by atoms with E-state index < -0.39 is 40.0 Å². The first-order valence-corrected chi connectivity index (χ1v) is 11.8. The fourth-order valence-electron chi connectivity index (χ4n) is 3.11. The summed E-state index contributed by atoms with van der Waals surface area (Å²) in [5, 5.41) is 2.05. The van der Waals surface area contributed by atoms with Gasteiger partial charge < -0.3 is 10.1 Å². The molecule has 3 rings (SSSR count). The van der Waals surface area contributed by atoms with E-state index in [1.165, 1.54) is 46.8 Å². The van der Waals surface area contributed by atoms with E-state index in [9.17, 15) is 26.4 Å². The minimum absolute atomic E-state index is 0.114. The highest BCUT2D eigenvalue weighted by molar-refractivity contribution is 7.92. The highest BCUT2D eigenvalue weighted by Crippen LogP contribution is 2.36. The van der Waals surface area contributed by atoms with E-state index in [2.05, 4.69) is 5.32 Å². The summed E-state index contributed by atoms with van der Waals surface area (Å²) >= 11 is 5.63. The zero-order valence-corrected chi connectivity index (χ0v) is 19.4. The molecule has 1 N–H and O–H groups in total. The Kier molecular flexibility index (Phi) is 7.73. The van der Waals surface area contributed by atoms with Crippen molar-refractivity contribution in [3.05, 3.63) is 83.4 Å². The van der Waals surface area contributed by atoms with Crippen LogP contribution < -0.4 is 14.4 Å². The molecule has 0 aliphatic carbocycles. The lowest BCUT2D eigenvalue weighted by molar-refractivity contribution is -0.137. The number of alkyl halides is 3. The van der Waals surface area contributed by atoms with Gasteiger partial charge in [0.2, 0.25) is 0 Å². The summed E-state index contributed by atoms with van der Waals surface area (Å²) in [6, 6.07) is 16.9. The Bertz CT molecular complexity index is 1250. The van der Waals surface area contributed by atoms with Gasteiger partial charge >= 0.3 is 6.18 Å². The highest BCUT2D eigenvalue weighted by atomic mass is 35.5. The Balaban J connectivity index is 1.67. The van der Waals surface area contributed by atoms with Crippen molar-refractivity contribution in [1.82, 2.24) is 0 Å². The molecule has 0 aliphatic rings. The fraction of sp³-hybridized carbons (Fsp3) is 0.174. The van der Waals surface area contributed by atoms with Gasteiger partial charge in [0.15, 0.2) is 6.61 Å². The lowest BCUT2D eigenvalue weighted by atomic mass is 10.1. The maximum absolute atomic E-state index is 13.2. The topological polar surface area (TPSA) is 75.7 Å². The summed E-state index contributed by atoms with van der Waals surface area (Å²) < 4.78 is 71.9. The number of benzene rings is 3. The maximum Gasteiger partial charge on any atom is 0.418 e. The van der Waals surface area contributed by atoms with E-state index in [-0.39, 0.29) is 22.2 Å². The van der Waals surface area contributed by atoms with Crippen molar-refractivity contribution in [2.45, 2.75) is 18.0 Å². The molecule has 0 bridgehead atoms. The van der Waals surface area contributed by atoms with Crippen molar-refractivity contribution in [2.24, 2.45) is 0 Å². The van der Waals surface area contributed by atoms with Gasteiger partial charge in [-0.25, -0.2) is 8.42 Å². The number of anilines is 2. The van der Waals surface area contributed by atoms with Crippen LogP contribution in [-0.2, 0) is 21.0 Å². The molecule has 0 aliphatic heterocycles. The Morgan fingerprint density at radius 3 is 2.26 bits per heavy atom. The zero-order chi connectivity index (χ0) is 24.9. The first-order chi connectivity index (χ1) is 16.0. The van der Waals surface area contributed by atoms with E-state index in [4.69, 9.17) is 16.3 Å². The molecule has 11 heteroatoms. The molecule has 1 amide bonds. The fourth-order valence-corrected chi connectivity index (χ4v) is 4.78. The van der Waals surface area contributed by atoms with Crippen LogP contribution in [-0.4, -0.2) is 27.5 Å². The summed E-state index contributed by atoms with van der Waals surface area (Å²) in [5.41, 5.74) is -1.12. The molecule has 6 nitrogen and oxygen atoms in total. The summed E-state index contributed by atoms with van der Waals surface area (Å²) in [6.07, 6.45) is -4.70. The van der Waals surface area contributed by atoms with Gasteiger partial charge in [0, 0.05) is 11.6 Å². The van der Waals surface area contributed by atoms with Crippen molar-refractivity contribution >= 4 is 38.9 Å². The first kappa shape index (κ1) is 25.4. The van der Waals surface area contributed by atoms with Crippen LogP contribution in [0, 0.1) is 0 Å². The number of hydrogen-bond donors (Lipinski definition) is 1. The summed E-state index contributed by atoms with van der Waals surface area (Å²) in [4.78, 5) is 12.3. The number of sulfonamides is 1. The Morgan fingerprint density at radius 1 is 1.03 bits per heavy atom. The largest absolute Gasteiger partial charge is 0.484 e. The summed E-state index contributed by atoms with van der Waals surface area (Å²) in [5.74, 6) is -0.571.